The maximum Gasteiger partial charge on any atom is 0.189 e. The third-order valence-corrected chi connectivity index (χ3v) is 7.08. The topological polar surface area (TPSA) is 146 Å². The largest absolute Gasteiger partial charge is 0.387 e. The van der Waals surface area contributed by atoms with Gasteiger partial charge in [0, 0.05) is 11.1 Å². The molecule has 4 aliphatic rings. The molecule has 4 fully saturated rings. The summed E-state index contributed by atoms with van der Waals surface area (Å²) in [5.41, 5.74) is 1.55. The van der Waals surface area contributed by atoms with E-state index < -0.39 is 74.0 Å². The summed E-state index contributed by atoms with van der Waals surface area (Å²) < 4.78 is 40.7. The van der Waals surface area contributed by atoms with Gasteiger partial charge in [0.25, 0.3) is 0 Å². The molecule has 37 heavy (non-hydrogen) atoms. The van der Waals surface area contributed by atoms with Gasteiger partial charge in [0.05, 0.1) is 13.2 Å². The fourth-order valence-electron chi connectivity index (χ4n) is 5.07. The number of aliphatic hydroxyl groups is 4. The second-order valence-corrected chi connectivity index (χ2v) is 9.54. The number of hydrogen-bond donors (Lipinski definition) is 4. The lowest BCUT2D eigenvalue weighted by molar-refractivity contribution is -0.412. The fraction of sp³-hybridized carbons (Fsp3) is 0.538. The van der Waals surface area contributed by atoms with Gasteiger partial charge in [0.1, 0.15) is 48.8 Å². The molecule has 4 heterocycles. The summed E-state index contributed by atoms with van der Waals surface area (Å²) in [6, 6.07) is 18.5. The number of benzene rings is 2. The molecule has 0 bridgehead atoms. The van der Waals surface area contributed by atoms with Crippen LogP contribution in [0, 0.1) is 0 Å². The van der Waals surface area contributed by atoms with Crippen LogP contribution in [-0.4, -0.2) is 95.1 Å². The van der Waals surface area contributed by atoms with Crippen molar-refractivity contribution in [3.05, 3.63) is 71.8 Å². The van der Waals surface area contributed by atoms with Crippen molar-refractivity contribution in [1.29, 1.82) is 0 Å². The molecule has 0 amide bonds. The van der Waals surface area contributed by atoms with Crippen LogP contribution in [0.2, 0.25) is 0 Å². The van der Waals surface area contributed by atoms with E-state index in [2.05, 4.69) is 0 Å². The zero-order valence-electron chi connectivity index (χ0n) is 19.8. The molecule has 0 spiro atoms. The molecule has 0 aliphatic carbocycles. The predicted octanol–water partition coefficient (Wildman–Crippen LogP) is 0.125. The molecule has 2 aromatic rings. The second-order valence-electron chi connectivity index (χ2n) is 9.54. The van der Waals surface area contributed by atoms with Gasteiger partial charge in [0.2, 0.25) is 0 Å². The van der Waals surface area contributed by atoms with Gasteiger partial charge in [-0.2, -0.15) is 0 Å². The van der Waals surface area contributed by atoms with Crippen molar-refractivity contribution in [2.75, 3.05) is 13.2 Å². The average Bonchev–Trinajstić information content (AvgIpc) is 2.95. The zero-order chi connectivity index (χ0) is 25.5. The van der Waals surface area contributed by atoms with Crippen LogP contribution in [0.15, 0.2) is 60.7 Å². The van der Waals surface area contributed by atoms with Crippen LogP contribution < -0.4 is 0 Å². The minimum atomic E-state index is -1.51. The van der Waals surface area contributed by atoms with E-state index in [0.29, 0.717) is 0 Å². The summed E-state index contributed by atoms with van der Waals surface area (Å²) >= 11 is 0. The van der Waals surface area contributed by atoms with Crippen LogP contribution in [0.4, 0.5) is 0 Å². The molecule has 12 atom stereocenters. The molecule has 4 saturated heterocycles. The van der Waals surface area contributed by atoms with E-state index >= 15 is 0 Å². The summed E-state index contributed by atoms with van der Waals surface area (Å²) in [4.78, 5) is 0. The Labute approximate surface area is 213 Å². The maximum atomic E-state index is 10.8. The number of ether oxygens (including phenoxy) is 7. The number of rotatable bonds is 4. The highest BCUT2D eigenvalue weighted by Gasteiger charge is 2.53. The van der Waals surface area contributed by atoms with Crippen LogP contribution in [0.3, 0.4) is 0 Å². The van der Waals surface area contributed by atoms with E-state index in [9.17, 15) is 20.4 Å². The Kier molecular flexibility index (Phi) is 7.27. The third kappa shape index (κ3) is 4.93. The molecule has 200 valence electrons. The Hall–Kier alpha value is -2.00. The van der Waals surface area contributed by atoms with Crippen LogP contribution in [0.1, 0.15) is 23.7 Å². The van der Waals surface area contributed by atoms with E-state index in [4.69, 9.17) is 33.2 Å². The monoisotopic (exact) mass is 518 g/mol. The Morgan fingerprint density at radius 1 is 0.541 bits per heavy atom. The lowest BCUT2D eigenvalue weighted by atomic mass is 9.96. The summed E-state index contributed by atoms with van der Waals surface area (Å²) in [5.74, 6) is 0. The average molecular weight is 519 g/mol. The molecule has 4 N–H and O–H groups in total. The summed E-state index contributed by atoms with van der Waals surface area (Å²) in [5, 5.41) is 43.1. The fourth-order valence-corrected chi connectivity index (χ4v) is 5.07. The van der Waals surface area contributed by atoms with Gasteiger partial charge in [-0.1, -0.05) is 60.7 Å². The van der Waals surface area contributed by atoms with Gasteiger partial charge in [-0.15, -0.1) is 0 Å². The third-order valence-electron chi connectivity index (χ3n) is 7.08. The van der Waals surface area contributed by atoms with E-state index in [1.807, 2.05) is 60.7 Å². The Bertz CT molecular complexity index is 940. The Morgan fingerprint density at radius 3 is 1.35 bits per heavy atom. The van der Waals surface area contributed by atoms with Gasteiger partial charge < -0.3 is 53.6 Å². The molecule has 6 rings (SSSR count). The molecule has 0 aromatic heterocycles. The lowest BCUT2D eigenvalue weighted by Gasteiger charge is -2.49. The highest BCUT2D eigenvalue weighted by atomic mass is 16.8. The minimum Gasteiger partial charge on any atom is -0.387 e. The standard InChI is InChI=1S/C26H30O11/c27-17-19(29)25(33-15-11-31-23(35-21(15)17)13-7-3-1-4-8-13)37-26-20(30)18(28)22-16(34-26)12-32-24(36-22)14-9-5-2-6-10-14/h1-10,15-30H,11-12H2/t15?,16?,17-,18+,19?,20?,21-,22+,23?,24?,25+,26-. The maximum absolute atomic E-state index is 10.8. The SMILES string of the molecule is OC1[C@H](O[C@H]2OC3COC(c4ccccc4)O[C@@H]3[C@@H](O)C2O)OC2COC(c3ccccc3)O[C@H]2[C@@H]1O. The molecular weight excluding hydrogens is 488 g/mol. The van der Waals surface area contributed by atoms with Gasteiger partial charge in [-0.3, -0.25) is 0 Å². The number of aliphatic hydroxyl groups excluding tert-OH is 4. The normalized spacial score (nSPS) is 44.0. The van der Waals surface area contributed by atoms with Crippen molar-refractivity contribution in [3.63, 3.8) is 0 Å². The molecule has 11 heteroatoms. The zero-order valence-corrected chi connectivity index (χ0v) is 19.8. The first-order chi connectivity index (χ1) is 18.0. The number of hydrogen-bond acceptors (Lipinski definition) is 11. The van der Waals surface area contributed by atoms with Gasteiger partial charge in [-0.25, -0.2) is 0 Å². The Balaban J connectivity index is 1.09. The minimum absolute atomic E-state index is 0.0812. The predicted molar refractivity (Wildman–Crippen MR) is 122 cm³/mol. The molecule has 2 aromatic carbocycles. The van der Waals surface area contributed by atoms with E-state index in [-0.39, 0.29) is 13.2 Å². The molecule has 0 saturated carbocycles. The molecule has 11 nitrogen and oxygen atoms in total. The molecular formula is C26H30O11. The van der Waals surface area contributed by atoms with Crippen molar-refractivity contribution in [3.8, 4) is 0 Å². The molecule has 4 aliphatic heterocycles. The first-order valence-corrected chi connectivity index (χ1v) is 12.3. The van der Waals surface area contributed by atoms with Crippen LogP contribution in [0.5, 0.6) is 0 Å². The van der Waals surface area contributed by atoms with Crippen molar-refractivity contribution >= 4 is 0 Å². The van der Waals surface area contributed by atoms with E-state index in [0.717, 1.165) is 11.1 Å². The smallest absolute Gasteiger partial charge is 0.189 e. The second kappa shape index (κ2) is 10.6. The van der Waals surface area contributed by atoms with Crippen molar-refractivity contribution < 1.29 is 53.6 Å². The van der Waals surface area contributed by atoms with Crippen LogP contribution in [-0.2, 0) is 33.2 Å². The van der Waals surface area contributed by atoms with Gasteiger partial charge >= 0.3 is 0 Å². The first kappa shape index (κ1) is 25.3. The van der Waals surface area contributed by atoms with Crippen molar-refractivity contribution in [1.82, 2.24) is 0 Å². The lowest BCUT2D eigenvalue weighted by Crippen LogP contribution is -2.66. The van der Waals surface area contributed by atoms with Gasteiger partial charge in [-0.05, 0) is 0 Å². The summed E-state index contributed by atoms with van der Waals surface area (Å²) in [7, 11) is 0. The first-order valence-electron chi connectivity index (χ1n) is 12.3. The Morgan fingerprint density at radius 2 is 0.946 bits per heavy atom. The van der Waals surface area contributed by atoms with Crippen LogP contribution >= 0.6 is 0 Å². The summed E-state index contributed by atoms with van der Waals surface area (Å²) in [6.07, 6.45) is -13.1. The van der Waals surface area contributed by atoms with Crippen molar-refractivity contribution in [2.45, 2.75) is 74.0 Å². The highest BCUT2D eigenvalue weighted by molar-refractivity contribution is 5.17. The van der Waals surface area contributed by atoms with Crippen LogP contribution in [0.25, 0.3) is 0 Å². The van der Waals surface area contributed by atoms with Gasteiger partial charge in [0.15, 0.2) is 25.2 Å². The van der Waals surface area contributed by atoms with E-state index in [1.54, 1.807) is 0 Å². The molecule has 6 unspecified atom stereocenters. The number of fused-ring (bicyclic) bond motifs is 2. The molecule has 0 radical (unpaired) electrons. The van der Waals surface area contributed by atoms with E-state index in [1.165, 1.54) is 0 Å². The quantitative estimate of drug-likeness (QED) is 0.438. The van der Waals surface area contributed by atoms with Crippen molar-refractivity contribution in [2.24, 2.45) is 0 Å². The highest BCUT2D eigenvalue weighted by Crippen LogP contribution is 2.37. The summed E-state index contributed by atoms with van der Waals surface area (Å²) in [6.45, 7) is 0.162.